The van der Waals surface area contributed by atoms with Crippen LogP contribution >= 0.6 is 0 Å². The highest BCUT2D eigenvalue weighted by atomic mass is 16.6. The van der Waals surface area contributed by atoms with Crippen molar-refractivity contribution in [1.82, 2.24) is 4.90 Å². The Kier molecular flexibility index (Phi) is 22.3. The minimum Gasteiger partial charge on any atom is -0.396 e. The number of nitrogens with zero attached hydrogens (tertiary/aromatic N) is 1. The van der Waals surface area contributed by atoms with Gasteiger partial charge in [-0.3, -0.25) is 4.90 Å². The summed E-state index contributed by atoms with van der Waals surface area (Å²) in [6, 6.07) is 0. The second kappa shape index (κ2) is 21.4. The van der Waals surface area contributed by atoms with Crippen LogP contribution in [0.4, 0.5) is 0 Å². The first-order valence-corrected chi connectivity index (χ1v) is 13.1. The lowest BCUT2D eigenvalue weighted by Crippen LogP contribution is -2.47. The fourth-order valence-corrected chi connectivity index (χ4v) is 2.91. The predicted octanol–water partition coefficient (Wildman–Crippen LogP) is -0.855. The molecule has 0 fully saturated rings. The summed E-state index contributed by atoms with van der Waals surface area (Å²) < 4.78 is 17.1. The molecule has 0 saturated carbocycles. The molecule has 226 valence electrons. The quantitative estimate of drug-likeness (QED) is 0.0834. The Labute approximate surface area is 223 Å². The maximum absolute atomic E-state index is 10.3. The highest BCUT2D eigenvalue weighted by Gasteiger charge is 2.28. The Morgan fingerprint density at radius 3 is 1.81 bits per heavy atom. The zero-order valence-corrected chi connectivity index (χ0v) is 23.8. The summed E-state index contributed by atoms with van der Waals surface area (Å²) in [5.74, 6) is 0. The molecular formula is C25H56N2O10. The summed E-state index contributed by atoms with van der Waals surface area (Å²) in [4.78, 5) is 1.56. The van der Waals surface area contributed by atoms with Gasteiger partial charge in [0.1, 0.15) is 18.9 Å². The summed E-state index contributed by atoms with van der Waals surface area (Å²) in [5, 5.41) is 67.7. The van der Waals surface area contributed by atoms with E-state index in [0.717, 1.165) is 13.0 Å². The van der Waals surface area contributed by atoms with Gasteiger partial charge in [-0.2, -0.15) is 0 Å². The number of rotatable bonds is 21. The minimum absolute atomic E-state index is 0.0654. The molecule has 0 aromatic heterocycles. The molecule has 0 rings (SSSR count). The number of aliphatic hydroxyl groups is 7. The lowest BCUT2D eigenvalue weighted by Gasteiger charge is -2.32. The van der Waals surface area contributed by atoms with Gasteiger partial charge in [-0.05, 0) is 53.5 Å². The van der Waals surface area contributed by atoms with Crippen molar-refractivity contribution in [2.45, 2.75) is 109 Å². The molecule has 0 aliphatic heterocycles. The molecule has 5 unspecified atom stereocenters. The number of ether oxygens (including phenoxy) is 3. The molecule has 0 aliphatic carbocycles. The molecular weight excluding hydrogens is 488 g/mol. The second-order valence-electron chi connectivity index (χ2n) is 10.2. The maximum Gasteiger partial charge on any atom is 0.182 e. The Morgan fingerprint density at radius 2 is 1.30 bits per heavy atom. The maximum atomic E-state index is 10.3. The minimum atomic E-state index is -1.55. The molecule has 9 N–H and O–H groups in total. The van der Waals surface area contributed by atoms with Crippen molar-refractivity contribution >= 4 is 0 Å². The van der Waals surface area contributed by atoms with Gasteiger partial charge >= 0.3 is 0 Å². The van der Waals surface area contributed by atoms with Gasteiger partial charge in [0.25, 0.3) is 0 Å². The van der Waals surface area contributed by atoms with E-state index in [2.05, 4.69) is 6.92 Å². The highest BCUT2D eigenvalue weighted by Crippen LogP contribution is 2.19. The van der Waals surface area contributed by atoms with Gasteiger partial charge in [0.05, 0.1) is 36.6 Å². The van der Waals surface area contributed by atoms with Gasteiger partial charge in [0, 0.05) is 32.7 Å². The summed E-state index contributed by atoms with van der Waals surface area (Å²) in [6.45, 7) is 12.7. The fraction of sp³-hybridized carbons (Fsp3) is 1.00. The van der Waals surface area contributed by atoms with E-state index in [1.165, 1.54) is 0 Å². The van der Waals surface area contributed by atoms with Crippen molar-refractivity contribution in [1.29, 1.82) is 0 Å². The smallest absolute Gasteiger partial charge is 0.182 e. The SMILES string of the molecule is CCC(C)(C)OCCC(C)(C)OCCN(COC(O)C(O)CCO)CC(O)C(O)C(O)CCO.CCN. The normalized spacial score (nSPS) is 16.6. The Balaban J connectivity index is 0. The van der Waals surface area contributed by atoms with Crippen LogP contribution < -0.4 is 5.73 Å². The van der Waals surface area contributed by atoms with Crippen LogP contribution in [-0.4, -0.2) is 135 Å². The van der Waals surface area contributed by atoms with Crippen LogP contribution in [0.15, 0.2) is 0 Å². The number of hydrogen-bond donors (Lipinski definition) is 8. The van der Waals surface area contributed by atoms with Crippen molar-refractivity contribution < 1.29 is 50.0 Å². The van der Waals surface area contributed by atoms with E-state index in [0.29, 0.717) is 13.0 Å². The molecule has 0 saturated heterocycles. The Morgan fingerprint density at radius 1 is 0.784 bits per heavy atom. The van der Waals surface area contributed by atoms with Crippen LogP contribution in [0.25, 0.3) is 0 Å². The van der Waals surface area contributed by atoms with Crippen LogP contribution in [0.1, 0.15) is 67.2 Å². The van der Waals surface area contributed by atoms with E-state index in [4.69, 9.17) is 30.2 Å². The van der Waals surface area contributed by atoms with Crippen LogP contribution in [0, 0.1) is 0 Å². The van der Waals surface area contributed by atoms with E-state index in [1.807, 2.05) is 34.6 Å². The zero-order valence-electron chi connectivity index (χ0n) is 23.8. The molecule has 5 atom stereocenters. The predicted molar refractivity (Wildman–Crippen MR) is 141 cm³/mol. The van der Waals surface area contributed by atoms with Crippen LogP contribution in [0.3, 0.4) is 0 Å². The third-order valence-corrected chi connectivity index (χ3v) is 5.79. The summed E-state index contributed by atoms with van der Waals surface area (Å²) in [6.07, 6.45) is -5.58. The Hall–Kier alpha value is -0.480. The van der Waals surface area contributed by atoms with Crippen LogP contribution in [0.5, 0.6) is 0 Å². The zero-order chi connectivity index (χ0) is 29.1. The van der Waals surface area contributed by atoms with E-state index in [9.17, 15) is 25.5 Å². The first-order chi connectivity index (χ1) is 17.2. The highest BCUT2D eigenvalue weighted by molar-refractivity contribution is 4.78. The van der Waals surface area contributed by atoms with Gasteiger partial charge in [-0.1, -0.05) is 13.8 Å². The van der Waals surface area contributed by atoms with Crippen LogP contribution in [0.2, 0.25) is 0 Å². The third-order valence-electron chi connectivity index (χ3n) is 5.79. The molecule has 0 aromatic carbocycles. The van der Waals surface area contributed by atoms with Gasteiger partial charge in [0.15, 0.2) is 6.29 Å². The number of nitrogens with two attached hydrogens (primary N) is 1. The largest absolute Gasteiger partial charge is 0.396 e. The molecule has 12 heteroatoms. The average molecular weight is 545 g/mol. The van der Waals surface area contributed by atoms with Gasteiger partial charge < -0.3 is 55.7 Å². The van der Waals surface area contributed by atoms with Crippen molar-refractivity contribution in [3.8, 4) is 0 Å². The lowest BCUT2D eigenvalue weighted by molar-refractivity contribution is -0.192. The third kappa shape index (κ3) is 20.1. The van der Waals surface area contributed by atoms with E-state index in [1.54, 1.807) is 4.90 Å². The Bertz CT molecular complexity index is 528. The molecule has 12 nitrogen and oxygen atoms in total. The van der Waals surface area contributed by atoms with E-state index >= 15 is 0 Å². The van der Waals surface area contributed by atoms with Crippen LogP contribution in [-0.2, 0) is 14.2 Å². The van der Waals surface area contributed by atoms with Gasteiger partial charge in [-0.25, -0.2) is 0 Å². The first-order valence-electron chi connectivity index (χ1n) is 13.1. The molecule has 0 spiro atoms. The van der Waals surface area contributed by atoms with E-state index < -0.39 is 36.3 Å². The van der Waals surface area contributed by atoms with Crippen molar-refractivity contribution in [2.24, 2.45) is 5.73 Å². The fourth-order valence-electron chi connectivity index (χ4n) is 2.91. The summed E-state index contributed by atoms with van der Waals surface area (Å²) in [7, 11) is 0. The molecule has 0 heterocycles. The standard InChI is InChI=1S/C23H49NO10.C2H7N/c1-6-22(2,3)33-13-9-23(4,5)34-14-10-24(16-32-21(31)18(28)8-12-26)15-19(29)20(30)17(27)7-11-25;1-2-3/h17-21,25-31H,6-16H2,1-5H3;2-3H2,1H3. The summed E-state index contributed by atoms with van der Waals surface area (Å²) >= 11 is 0. The number of aliphatic hydroxyl groups excluding tert-OH is 7. The molecule has 0 bridgehead atoms. The first kappa shape index (κ1) is 38.7. The molecule has 0 aliphatic rings. The number of hydrogen-bond acceptors (Lipinski definition) is 12. The lowest BCUT2D eigenvalue weighted by atomic mass is 10.0. The van der Waals surface area contributed by atoms with Crippen molar-refractivity contribution in [2.75, 3.05) is 52.8 Å². The van der Waals surface area contributed by atoms with Crippen molar-refractivity contribution in [3.63, 3.8) is 0 Å². The molecule has 0 amide bonds. The molecule has 37 heavy (non-hydrogen) atoms. The summed E-state index contributed by atoms with van der Waals surface area (Å²) in [5.41, 5.74) is 4.16. The molecule has 0 radical (unpaired) electrons. The van der Waals surface area contributed by atoms with Crippen molar-refractivity contribution in [3.05, 3.63) is 0 Å². The topological polar surface area (TPSA) is 199 Å². The monoisotopic (exact) mass is 544 g/mol. The van der Waals surface area contributed by atoms with E-state index in [-0.39, 0.29) is 58.1 Å². The van der Waals surface area contributed by atoms with Gasteiger partial charge in [-0.15, -0.1) is 0 Å². The second-order valence-corrected chi connectivity index (χ2v) is 10.2. The van der Waals surface area contributed by atoms with Gasteiger partial charge in [0.2, 0.25) is 0 Å². The molecule has 0 aromatic rings. The average Bonchev–Trinajstić information content (AvgIpc) is 2.81.